The van der Waals surface area contributed by atoms with Crippen molar-refractivity contribution in [2.45, 2.75) is 347 Å². The lowest BCUT2D eigenvalue weighted by atomic mass is 9.76. The van der Waals surface area contributed by atoms with Crippen LogP contribution in [0.3, 0.4) is 0 Å². The van der Waals surface area contributed by atoms with Gasteiger partial charge in [-0.1, -0.05) is 282 Å². The van der Waals surface area contributed by atoms with E-state index in [1.807, 2.05) is 60.5 Å². The standard InChI is InChI=1S/3C13H21N.C12H20N2.C12H20NO.C12H19NO.C11H18S/c2*1-12(2,3)10-7-8-14-9-11(10)13(4,5)6;1-12(2,3)10-8-7-9-14-11(10)13(4,5)6;1-11(2,3)9-7-8-13-14-10(9)12(4,5)6;1-9(2)11-10(12(3,4)5)7-6-8-13(11)14;1-8(2)11-9(12(3,4)5)6-7-10(14)13-11;1-8(2)10-9(6-7-12-10)11(3,4)5/h3*7-9H,1-6H3;7-8H,1-6H3;6-9,14H,1-5H3;6-8H,1-5H3,(H,13,14);6-8H,1-5H3/q;;;;+1;;. The molecule has 0 aliphatic carbocycles. The molecule has 0 aliphatic heterocycles. The Morgan fingerprint density at radius 2 is 0.760 bits per heavy atom. The Labute approximate surface area is 592 Å². The molecule has 0 saturated heterocycles. The van der Waals surface area contributed by atoms with E-state index in [9.17, 15) is 10.0 Å². The van der Waals surface area contributed by atoms with Crippen molar-refractivity contribution >= 4 is 11.3 Å². The topological polar surface area (TPSA) is 121 Å². The number of rotatable bonds is 3. The van der Waals surface area contributed by atoms with Gasteiger partial charge in [-0.15, -0.1) is 11.3 Å². The molecule has 0 amide bonds. The van der Waals surface area contributed by atoms with Gasteiger partial charge in [0.2, 0.25) is 17.5 Å². The third-order valence-corrected chi connectivity index (χ3v) is 17.4. The summed E-state index contributed by atoms with van der Waals surface area (Å²) in [5, 5.41) is 20.2. The molecule has 0 aliphatic rings. The summed E-state index contributed by atoms with van der Waals surface area (Å²) in [6.45, 7) is 86.1. The van der Waals surface area contributed by atoms with E-state index in [4.69, 9.17) is 0 Å². The second kappa shape index (κ2) is 34.3. The van der Waals surface area contributed by atoms with Crippen LogP contribution in [0.5, 0.6) is 0 Å². The number of aromatic nitrogens is 7. The lowest BCUT2D eigenvalue weighted by Gasteiger charge is -2.29. The van der Waals surface area contributed by atoms with Gasteiger partial charge >= 0.3 is 0 Å². The first-order chi connectivity index (χ1) is 43.0. The van der Waals surface area contributed by atoms with Gasteiger partial charge in [0.25, 0.3) is 0 Å². The highest BCUT2D eigenvalue weighted by atomic mass is 32.1. The average molecular weight is 1340 g/mol. The number of aromatic amines is 1. The Balaban J connectivity index is 0.000000560. The molecule has 0 fully saturated rings. The summed E-state index contributed by atoms with van der Waals surface area (Å²) in [7, 11) is 0. The Morgan fingerprint density at radius 3 is 1.07 bits per heavy atom. The van der Waals surface area contributed by atoms with Gasteiger partial charge in [0.1, 0.15) is 0 Å². The lowest BCUT2D eigenvalue weighted by Crippen LogP contribution is -2.38. The molecule has 7 aromatic rings. The molecule has 0 radical (unpaired) electrons. The van der Waals surface area contributed by atoms with Crippen LogP contribution in [-0.4, -0.2) is 35.3 Å². The smallest absolute Gasteiger partial charge is 0.248 e. The van der Waals surface area contributed by atoms with E-state index in [-0.39, 0.29) is 59.7 Å². The maximum Gasteiger partial charge on any atom is 0.248 e. The fourth-order valence-electron chi connectivity index (χ4n) is 11.1. The third-order valence-electron chi connectivity index (χ3n) is 16.2. The first-order valence-electron chi connectivity index (χ1n) is 35.2. The average Bonchev–Trinajstić information content (AvgIpc) is 1.25. The number of hydrogen-bond donors (Lipinski definition) is 2. The van der Waals surface area contributed by atoms with E-state index >= 15 is 0 Å². The van der Waals surface area contributed by atoms with Gasteiger partial charge in [0.05, 0.1) is 5.69 Å². The van der Waals surface area contributed by atoms with Gasteiger partial charge in [-0.2, -0.15) is 10.2 Å². The molecule has 0 unspecified atom stereocenters. The molecule has 0 saturated carbocycles. The molecule has 0 atom stereocenters. The summed E-state index contributed by atoms with van der Waals surface area (Å²) in [6.07, 6.45) is 13.1. The van der Waals surface area contributed by atoms with Crippen molar-refractivity contribution in [2.75, 3.05) is 0 Å². The highest BCUT2D eigenvalue weighted by Gasteiger charge is 2.31. The molecule has 9 nitrogen and oxygen atoms in total. The normalized spacial score (nSPS) is 12.7. The Hall–Kier alpha value is -5.87. The molecule has 96 heavy (non-hydrogen) atoms. The third kappa shape index (κ3) is 28.5. The minimum Gasteiger partial charge on any atom is -0.326 e. The fourth-order valence-corrected chi connectivity index (χ4v) is 12.2. The predicted molar refractivity (Wildman–Crippen MR) is 418 cm³/mol. The lowest BCUT2D eigenvalue weighted by molar-refractivity contribution is -0.910. The number of pyridine rings is 5. The van der Waals surface area contributed by atoms with E-state index in [2.05, 4.69) is 342 Å². The number of nitrogens with zero attached hydrogens (tertiary/aromatic N) is 6. The summed E-state index contributed by atoms with van der Waals surface area (Å²) >= 11 is 1.88. The SMILES string of the molecule is CC(C)(C)c1cccnc1C(C)(C)C.CC(C)(C)c1ccncc1C(C)(C)C.CC(C)(C)c1ccncc1C(C)(C)C.CC(C)(C)c1ccnnc1C(C)(C)C.CC(C)c1[nH]c(=O)ccc1C(C)(C)C.CC(C)c1c(C(C)(C)C)ccc[n+]1O.CC(C)c1sccc1C(C)(C)C. The van der Waals surface area contributed by atoms with Gasteiger partial charge in [-0.05, 0) is 147 Å². The van der Waals surface area contributed by atoms with Crippen LogP contribution in [0.1, 0.15) is 366 Å². The first kappa shape index (κ1) is 88.1. The molecule has 7 heterocycles. The van der Waals surface area contributed by atoms with Crippen LogP contribution in [0.15, 0.2) is 114 Å². The van der Waals surface area contributed by atoms with Crippen molar-refractivity contribution in [3.05, 3.63) is 197 Å². The molecule has 10 heteroatoms. The quantitative estimate of drug-likeness (QED) is 0.133. The second-order valence-corrected chi connectivity index (χ2v) is 39.2. The maximum atomic E-state index is 11.2. The summed E-state index contributed by atoms with van der Waals surface area (Å²) in [4.78, 5) is 28.7. The zero-order valence-corrected chi connectivity index (χ0v) is 69.4. The largest absolute Gasteiger partial charge is 0.326 e. The van der Waals surface area contributed by atoms with E-state index in [0.717, 1.165) is 17.1 Å². The van der Waals surface area contributed by atoms with Crippen LogP contribution in [0.4, 0.5) is 0 Å². The molecule has 0 bridgehead atoms. The van der Waals surface area contributed by atoms with Crippen LogP contribution in [0.25, 0.3) is 0 Å². The van der Waals surface area contributed by atoms with E-state index in [0.29, 0.717) is 23.2 Å². The van der Waals surface area contributed by atoms with Gasteiger partial charge in [0, 0.05) is 92.6 Å². The highest BCUT2D eigenvalue weighted by molar-refractivity contribution is 7.10. The summed E-state index contributed by atoms with van der Waals surface area (Å²) in [5.74, 6) is 1.35. The summed E-state index contributed by atoms with van der Waals surface area (Å²) < 4.78 is 1.24. The van der Waals surface area contributed by atoms with Gasteiger partial charge < -0.3 is 4.98 Å². The zero-order valence-electron chi connectivity index (χ0n) is 68.6. The Kier molecular flexibility index (Phi) is 31.5. The first-order valence-corrected chi connectivity index (χ1v) is 36.1. The maximum absolute atomic E-state index is 11.2. The molecule has 7 rings (SSSR count). The van der Waals surface area contributed by atoms with Crippen LogP contribution in [-0.2, 0) is 59.6 Å². The van der Waals surface area contributed by atoms with Crippen molar-refractivity contribution in [3.63, 3.8) is 0 Å². The van der Waals surface area contributed by atoms with Crippen molar-refractivity contribution in [1.29, 1.82) is 0 Å². The molecular formula is C86H140N7O2S+. The fraction of sp³-hybridized carbons (Fsp3) is 0.616. The molecule has 0 aromatic carbocycles. The molecule has 7 aromatic heterocycles. The van der Waals surface area contributed by atoms with Crippen LogP contribution in [0.2, 0.25) is 0 Å². The van der Waals surface area contributed by atoms with E-state index in [1.165, 1.54) is 60.5 Å². The number of nitrogens with one attached hydrogen (secondary N) is 1. The summed E-state index contributed by atoms with van der Waals surface area (Å²) in [6, 6.07) is 20.3. The van der Waals surface area contributed by atoms with Crippen molar-refractivity contribution < 1.29 is 9.94 Å². The van der Waals surface area contributed by atoms with Crippen molar-refractivity contribution in [2.24, 2.45) is 0 Å². The van der Waals surface area contributed by atoms with Gasteiger partial charge in [-0.25, -0.2) is 0 Å². The Bertz CT molecular complexity index is 3120. The van der Waals surface area contributed by atoms with Crippen LogP contribution < -0.4 is 10.3 Å². The van der Waals surface area contributed by atoms with Crippen LogP contribution >= 0.6 is 11.3 Å². The second-order valence-electron chi connectivity index (χ2n) is 38.2. The highest BCUT2D eigenvalue weighted by Crippen LogP contribution is 2.38. The molecular weight excluding hydrogens is 1200 g/mol. The number of thiophene rings is 1. The van der Waals surface area contributed by atoms with Crippen molar-refractivity contribution in [1.82, 2.24) is 30.1 Å². The molecule has 0 spiro atoms. The summed E-state index contributed by atoms with van der Waals surface area (Å²) in [5.41, 5.74) is 18.2. The van der Waals surface area contributed by atoms with Gasteiger partial charge in [0.15, 0.2) is 0 Å². The predicted octanol–water partition coefficient (Wildman–Crippen LogP) is 23.7. The number of hydrogen-bond acceptors (Lipinski definition) is 8. The monoisotopic (exact) mass is 1340 g/mol. The zero-order chi connectivity index (χ0) is 75.1. The van der Waals surface area contributed by atoms with Gasteiger partial charge in [-0.3, -0.25) is 25.0 Å². The van der Waals surface area contributed by atoms with Crippen LogP contribution in [0, 0.1) is 0 Å². The molecule has 2 N–H and O–H groups in total. The molecule has 536 valence electrons. The van der Waals surface area contributed by atoms with Crippen molar-refractivity contribution in [3.8, 4) is 0 Å². The number of H-pyrrole nitrogens is 1. The minimum atomic E-state index is -0.0123. The van der Waals surface area contributed by atoms with E-state index < -0.39 is 0 Å². The minimum absolute atomic E-state index is 0.0123. The Morgan fingerprint density at radius 1 is 0.375 bits per heavy atom. The van der Waals surface area contributed by atoms with E-state index in [1.54, 1.807) is 23.3 Å².